The lowest BCUT2D eigenvalue weighted by Gasteiger charge is -2.29. The Labute approximate surface area is 96.0 Å². The molecule has 0 radical (unpaired) electrons. The zero-order valence-corrected chi connectivity index (χ0v) is 9.99. The van der Waals surface area contributed by atoms with Gasteiger partial charge in [-0.05, 0) is 31.9 Å². The van der Waals surface area contributed by atoms with Gasteiger partial charge < -0.3 is 14.6 Å². The third-order valence-electron chi connectivity index (χ3n) is 3.02. The zero-order valence-electron chi connectivity index (χ0n) is 9.99. The van der Waals surface area contributed by atoms with E-state index in [1.165, 1.54) is 16.7 Å². The van der Waals surface area contributed by atoms with E-state index in [1.54, 1.807) is 0 Å². The lowest BCUT2D eigenvalue weighted by Crippen LogP contribution is -2.27. The predicted octanol–water partition coefficient (Wildman–Crippen LogP) is 2.37. The maximum absolute atomic E-state index is 9.47. The number of ether oxygens (including phenoxy) is 2. The lowest BCUT2D eigenvalue weighted by molar-refractivity contribution is -0.274. The van der Waals surface area contributed by atoms with Crippen LogP contribution >= 0.6 is 0 Å². The van der Waals surface area contributed by atoms with Gasteiger partial charge in [0.05, 0.1) is 6.61 Å². The van der Waals surface area contributed by atoms with Crippen LogP contribution in [0.3, 0.4) is 0 Å². The van der Waals surface area contributed by atoms with Gasteiger partial charge in [0.25, 0.3) is 0 Å². The third kappa shape index (κ3) is 2.26. The summed E-state index contributed by atoms with van der Waals surface area (Å²) in [5, 5.41) is 9.47. The molecule has 1 saturated heterocycles. The molecule has 1 aliphatic heterocycles. The largest absolute Gasteiger partial charge is 0.368 e. The first kappa shape index (κ1) is 11.6. The van der Waals surface area contributed by atoms with Crippen molar-refractivity contribution in [2.75, 3.05) is 6.61 Å². The summed E-state index contributed by atoms with van der Waals surface area (Å²) in [6.45, 7) is 6.72. The van der Waals surface area contributed by atoms with Gasteiger partial charge in [0, 0.05) is 12.0 Å². The second-order valence-corrected chi connectivity index (χ2v) is 4.38. The monoisotopic (exact) mass is 222 g/mol. The summed E-state index contributed by atoms with van der Waals surface area (Å²) in [5.41, 5.74) is 4.61. The van der Waals surface area contributed by atoms with Crippen molar-refractivity contribution in [3.63, 3.8) is 0 Å². The molecule has 0 bridgehead atoms. The minimum Gasteiger partial charge on any atom is -0.368 e. The Balaban J connectivity index is 2.32. The third-order valence-corrected chi connectivity index (χ3v) is 3.02. The highest BCUT2D eigenvalue weighted by Gasteiger charge is 2.24. The van der Waals surface area contributed by atoms with Crippen molar-refractivity contribution >= 4 is 0 Å². The van der Waals surface area contributed by atoms with Crippen molar-refractivity contribution in [2.24, 2.45) is 0 Å². The van der Waals surface area contributed by atoms with Gasteiger partial charge in [-0.2, -0.15) is 0 Å². The number of benzene rings is 1. The summed E-state index contributed by atoms with van der Waals surface area (Å²) in [6.07, 6.45) is -0.596. The first-order valence-corrected chi connectivity index (χ1v) is 5.61. The van der Waals surface area contributed by atoms with Crippen LogP contribution in [0.2, 0.25) is 0 Å². The zero-order chi connectivity index (χ0) is 11.7. The Hall–Kier alpha value is -0.900. The molecule has 88 valence electrons. The molecule has 1 heterocycles. The standard InChI is InChI=1S/C13H18O3/c1-8-6-9(2)10(3)11(7-8)13-15-5-4-12(14)16-13/h6-7,12-14H,4-5H2,1-3H3. The summed E-state index contributed by atoms with van der Waals surface area (Å²) in [7, 11) is 0. The molecule has 16 heavy (non-hydrogen) atoms. The molecule has 1 fully saturated rings. The highest BCUT2D eigenvalue weighted by molar-refractivity contribution is 5.38. The topological polar surface area (TPSA) is 38.7 Å². The van der Waals surface area contributed by atoms with Crippen molar-refractivity contribution in [1.29, 1.82) is 0 Å². The van der Waals surface area contributed by atoms with Crippen molar-refractivity contribution in [3.8, 4) is 0 Å². The molecule has 0 amide bonds. The predicted molar refractivity (Wildman–Crippen MR) is 61.1 cm³/mol. The molecule has 0 aromatic heterocycles. The van der Waals surface area contributed by atoms with Crippen LogP contribution in [0.4, 0.5) is 0 Å². The van der Waals surface area contributed by atoms with Crippen LogP contribution in [-0.4, -0.2) is 18.0 Å². The average Bonchev–Trinajstić information content (AvgIpc) is 2.23. The van der Waals surface area contributed by atoms with Gasteiger partial charge in [0.15, 0.2) is 12.6 Å². The Bertz CT molecular complexity index is 387. The summed E-state index contributed by atoms with van der Waals surface area (Å²) in [4.78, 5) is 0. The van der Waals surface area contributed by atoms with Crippen molar-refractivity contribution in [3.05, 3.63) is 34.4 Å². The van der Waals surface area contributed by atoms with Gasteiger partial charge in [-0.3, -0.25) is 0 Å². The maximum atomic E-state index is 9.47. The fourth-order valence-corrected chi connectivity index (χ4v) is 2.01. The molecule has 2 unspecified atom stereocenters. The smallest absolute Gasteiger partial charge is 0.187 e. The molecule has 1 N–H and O–H groups in total. The molecular weight excluding hydrogens is 204 g/mol. The second-order valence-electron chi connectivity index (χ2n) is 4.38. The molecule has 2 atom stereocenters. The van der Waals surface area contributed by atoms with E-state index in [0.717, 1.165) is 5.56 Å². The Kier molecular flexibility index (Phi) is 3.28. The van der Waals surface area contributed by atoms with E-state index in [1.807, 2.05) is 0 Å². The molecule has 3 nitrogen and oxygen atoms in total. The summed E-state index contributed by atoms with van der Waals surface area (Å²) in [6, 6.07) is 4.20. The summed E-state index contributed by atoms with van der Waals surface area (Å²) >= 11 is 0. The molecule has 1 aromatic carbocycles. The van der Waals surface area contributed by atoms with Gasteiger partial charge >= 0.3 is 0 Å². The van der Waals surface area contributed by atoms with Crippen molar-refractivity contribution in [1.82, 2.24) is 0 Å². The quantitative estimate of drug-likeness (QED) is 0.792. The number of aliphatic hydroxyl groups excluding tert-OH is 1. The van der Waals surface area contributed by atoms with Gasteiger partial charge in [-0.25, -0.2) is 0 Å². The summed E-state index contributed by atoms with van der Waals surface area (Å²) in [5.74, 6) is 0. The number of aryl methyl sites for hydroxylation is 2. The highest BCUT2D eigenvalue weighted by Crippen LogP contribution is 2.29. The van der Waals surface area contributed by atoms with E-state index in [4.69, 9.17) is 9.47 Å². The van der Waals surface area contributed by atoms with E-state index in [9.17, 15) is 5.11 Å². The van der Waals surface area contributed by atoms with Crippen LogP contribution in [0, 0.1) is 20.8 Å². The molecule has 2 rings (SSSR count). The molecule has 3 heteroatoms. The SMILES string of the molecule is Cc1cc(C)c(C)c(C2OCCC(O)O2)c1. The fourth-order valence-electron chi connectivity index (χ4n) is 2.01. The minimum absolute atomic E-state index is 0.428. The maximum Gasteiger partial charge on any atom is 0.187 e. The van der Waals surface area contributed by atoms with E-state index in [2.05, 4.69) is 32.9 Å². The number of rotatable bonds is 1. The van der Waals surface area contributed by atoms with Gasteiger partial charge in [-0.15, -0.1) is 0 Å². The van der Waals surface area contributed by atoms with Gasteiger partial charge in [0.2, 0.25) is 0 Å². The lowest BCUT2D eigenvalue weighted by atomic mass is 9.99. The van der Waals surface area contributed by atoms with Crippen LogP contribution in [0.5, 0.6) is 0 Å². The molecular formula is C13H18O3. The summed E-state index contributed by atoms with van der Waals surface area (Å²) < 4.78 is 10.9. The number of aliphatic hydroxyl groups is 1. The van der Waals surface area contributed by atoms with Crippen LogP contribution in [-0.2, 0) is 9.47 Å². The molecule has 1 aromatic rings. The van der Waals surface area contributed by atoms with Crippen LogP contribution in [0.15, 0.2) is 12.1 Å². The van der Waals surface area contributed by atoms with E-state index in [0.29, 0.717) is 13.0 Å². The van der Waals surface area contributed by atoms with E-state index in [-0.39, 0.29) is 0 Å². The molecule has 1 aliphatic rings. The van der Waals surface area contributed by atoms with E-state index >= 15 is 0 Å². The van der Waals surface area contributed by atoms with Gasteiger partial charge in [0.1, 0.15) is 0 Å². The first-order chi connectivity index (χ1) is 7.58. The van der Waals surface area contributed by atoms with Crippen molar-refractivity contribution in [2.45, 2.75) is 39.8 Å². The number of hydrogen-bond acceptors (Lipinski definition) is 3. The fraction of sp³-hybridized carbons (Fsp3) is 0.538. The number of hydrogen-bond donors (Lipinski definition) is 1. The molecule has 0 aliphatic carbocycles. The normalized spacial score (nSPS) is 25.8. The van der Waals surface area contributed by atoms with Crippen LogP contribution in [0.1, 0.15) is 35.0 Å². The van der Waals surface area contributed by atoms with Crippen LogP contribution in [0.25, 0.3) is 0 Å². The van der Waals surface area contributed by atoms with Gasteiger partial charge in [-0.1, -0.05) is 17.7 Å². The van der Waals surface area contributed by atoms with E-state index < -0.39 is 12.6 Å². The average molecular weight is 222 g/mol. The van der Waals surface area contributed by atoms with Crippen molar-refractivity contribution < 1.29 is 14.6 Å². The highest BCUT2D eigenvalue weighted by atomic mass is 16.7. The second kappa shape index (κ2) is 4.53. The van der Waals surface area contributed by atoms with Crippen LogP contribution < -0.4 is 0 Å². The Morgan fingerprint density at radius 2 is 2.00 bits per heavy atom. The molecule has 0 saturated carbocycles. The molecule has 0 spiro atoms. The Morgan fingerprint density at radius 1 is 1.25 bits per heavy atom. The first-order valence-electron chi connectivity index (χ1n) is 5.61. The Morgan fingerprint density at radius 3 is 2.69 bits per heavy atom. The minimum atomic E-state index is -0.709.